The van der Waals surface area contributed by atoms with Gasteiger partial charge in [0.1, 0.15) is 11.6 Å². The molecule has 0 bridgehead atoms. The van der Waals surface area contributed by atoms with Crippen LogP contribution in [-0.4, -0.2) is 29.6 Å². The zero-order valence-corrected chi connectivity index (χ0v) is 11.4. The number of rotatable bonds is 6. The predicted molar refractivity (Wildman–Crippen MR) is 74.7 cm³/mol. The van der Waals surface area contributed by atoms with Gasteiger partial charge in [-0.25, -0.2) is 9.97 Å². The van der Waals surface area contributed by atoms with E-state index in [0.717, 1.165) is 18.1 Å². The van der Waals surface area contributed by atoms with Gasteiger partial charge in [-0.15, -0.1) is 0 Å². The predicted octanol–water partition coefficient (Wildman–Crippen LogP) is 2.23. The minimum atomic E-state index is 0.659. The number of nitrogens with one attached hydrogen (secondary N) is 2. The average Bonchev–Trinajstić information content (AvgIpc) is 2.92. The first-order valence-corrected chi connectivity index (χ1v) is 7.06. The standard InChI is InChI=1S/C14H24N4/c1-3-5-11(12-6-4-8-16-12)10-14-17-9-7-13(15-2)18-14/h7,9,11-12,16H,3-6,8,10H2,1-2H3,(H,15,17,18). The zero-order chi connectivity index (χ0) is 12.8. The summed E-state index contributed by atoms with van der Waals surface area (Å²) in [6, 6.07) is 2.57. The highest BCUT2D eigenvalue weighted by Crippen LogP contribution is 2.22. The molecule has 100 valence electrons. The summed E-state index contributed by atoms with van der Waals surface area (Å²) >= 11 is 0. The molecule has 18 heavy (non-hydrogen) atoms. The zero-order valence-electron chi connectivity index (χ0n) is 11.4. The monoisotopic (exact) mass is 248 g/mol. The van der Waals surface area contributed by atoms with E-state index >= 15 is 0 Å². The van der Waals surface area contributed by atoms with E-state index < -0.39 is 0 Å². The Morgan fingerprint density at radius 3 is 3.11 bits per heavy atom. The molecule has 2 heterocycles. The minimum Gasteiger partial charge on any atom is -0.373 e. The molecule has 2 unspecified atom stereocenters. The van der Waals surface area contributed by atoms with Crippen LogP contribution in [0.15, 0.2) is 12.3 Å². The quantitative estimate of drug-likeness (QED) is 0.810. The fourth-order valence-electron chi connectivity index (χ4n) is 2.80. The summed E-state index contributed by atoms with van der Waals surface area (Å²) in [5, 5.41) is 6.69. The van der Waals surface area contributed by atoms with Gasteiger partial charge in [-0.2, -0.15) is 0 Å². The molecule has 2 N–H and O–H groups in total. The lowest BCUT2D eigenvalue weighted by Gasteiger charge is -2.22. The number of anilines is 1. The van der Waals surface area contributed by atoms with Crippen LogP contribution in [0.2, 0.25) is 0 Å². The van der Waals surface area contributed by atoms with Gasteiger partial charge in [-0.3, -0.25) is 0 Å². The molecule has 0 radical (unpaired) electrons. The van der Waals surface area contributed by atoms with E-state index in [-0.39, 0.29) is 0 Å². The largest absolute Gasteiger partial charge is 0.373 e. The lowest BCUT2D eigenvalue weighted by atomic mass is 9.90. The Morgan fingerprint density at radius 1 is 1.56 bits per heavy atom. The highest BCUT2D eigenvalue weighted by atomic mass is 15.0. The van der Waals surface area contributed by atoms with Crippen molar-refractivity contribution in [2.75, 3.05) is 18.9 Å². The SMILES string of the molecule is CCCC(Cc1nccc(NC)n1)C1CCCN1. The van der Waals surface area contributed by atoms with Crippen molar-refractivity contribution in [1.29, 1.82) is 0 Å². The molecular weight excluding hydrogens is 224 g/mol. The van der Waals surface area contributed by atoms with Crippen LogP contribution in [-0.2, 0) is 6.42 Å². The summed E-state index contributed by atoms with van der Waals surface area (Å²) in [5.41, 5.74) is 0. The van der Waals surface area contributed by atoms with Gasteiger partial charge in [-0.1, -0.05) is 13.3 Å². The number of hydrogen-bond donors (Lipinski definition) is 2. The Hall–Kier alpha value is -1.16. The summed E-state index contributed by atoms with van der Waals surface area (Å²) in [6.45, 7) is 3.43. The van der Waals surface area contributed by atoms with E-state index in [1.54, 1.807) is 0 Å². The number of aromatic nitrogens is 2. The first-order chi connectivity index (χ1) is 8.83. The average molecular weight is 248 g/mol. The first-order valence-electron chi connectivity index (χ1n) is 7.06. The molecule has 1 aliphatic rings. The summed E-state index contributed by atoms with van der Waals surface area (Å²) < 4.78 is 0. The van der Waals surface area contributed by atoms with Gasteiger partial charge in [-0.05, 0) is 37.8 Å². The third-order valence-electron chi connectivity index (χ3n) is 3.73. The lowest BCUT2D eigenvalue weighted by molar-refractivity contribution is 0.354. The van der Waals surface area contributed by atoms with Crippen molar-refractivity contribution in [2.24, 2.45) is 5.92 Å². The van der Waals surface area contributed by atoms with Crippen LogP contribution in [0.1, 0.15) is 38.4 Å². The molecule has 0 aliphatic carbocycles. The fraction of sp³-hybridized carbons (Fsp3) is 0.714. The molecule has 4 nitrogen and oxygen atoms in total. The molecule has 0 spiro atoms. The Bertz CT molecular complexity index is 361. The first kappa shape index (κ1) is 13.3. The smallest absolute Gasteiger partial charge is 0.131 e. The van der Waals surface area contributed by atoms with Crippen LogP contribution in [0.4, 0.5) is 5.82 Å². The van der Waals surface area contributed by atoms with Crippen molar-refractivity contribution < 1.29 is 0 Å². The molecule has 2 rings (SSSR count). The van der Waals surface area contributed by atoms with Crippen LogP contribution in [0.3, 0.4) is 0 Å². The van der Waals surface area contributed by atoms with Crippen molar-refractivity contribution in [2.45, 2.75) is 45.1 Å². The van der Waals surface area contributed by atoms with Crippen molar-refractivity contribution in [3.63, 3.8) is 0 Å². The number of hydrogen-bond acceptors (Lipinski definition) is 4. The second kappa shape index (κ2) is 6.69. The van der Waals surface area contributed by atoms with Crippen LogP contribution < -0.4 is 10.6 Å². The van der Waals surface area contributed by atoms with Crippen LogP contribution in [0.5, 0.6) is 0 Å². The second-order valence-electron chi connectivity index (χ2n) is 5.06. The van der Waals surface area contributed by atoms with E-state index in [2.05, 4.69) is 27.5 Å². The second-order valence-corrected chi connectivity index (χ2v) is 5.06. The fourth-order valence-corrected chi connectivity index (χ4v) is 2.80. The van der Waals surface area contributed by atoms with Gasteiger partial charge in [0.05, 0.1) is 0 Å². The molecule has 1 aromatic heterocycles. The van der Waals surface area contributed by atoms with Crippen molar-refractivity contribution in [3.05, 3.63) is 18.1 Å². The highest BCUT2D eigenvalue weighted by Gasteiger charge is 2.24. The van der Waals surface area contributed by atoms with Gasteiger partial charge < -0.3 is 10.6 Å². The Kier molecular flexibility index (Phi) is 4.93. The summed E-state index contributed by atoms with van der Waals surface area (Å²) in [6.07, 6.45) is 7.93. The maximum Gasteiger partial charge on any atom is 0.131 e. The molecule has 0 saturated carbocycles. The summed E-state index contributed by atoms with van der Waals surface area (Å²) in [7, 11) is 1.90. The normalized spacial score (nSPS) is 20.9. The van der Waals surface area contributed by atoms with Crippen molar-refractivity contribution in [3.8, 4) is 0 Å². The molecule has 0 aromatic carbocycles. The molecule has 4 heteroatoms. The van der Waals surface area contributed by atoms with Gasteiger partial charge in [0, 0.05) is 25.7 Å². The third-order valence-corrected chi connectivity index (χ3v) is 3.73. The maximum absolute atomic E-state index is 4.53. The van der Waals surface area contributed by atoms with Gasteiger partial charge in [0.15, 0.2) is 0 Å². The number of nitrogens with zero attached hydrogens (tertiary/aromatic N) is 2. The lowest BCUT2D eigenvalue weighted by Crippen LogP contribution is -2.32. The van der Waals surface area contributed by atoms with E-state index in [0.29, 0.717) is 12.0 Å². The van der Waals surface area contributed by atoms with Gasteiger partial charge >= 0.3 is 0 Å². The highest BCUT2D eigenvalue weighted by molar-refractivity contribution is 5.31. The van der Waals surface area contributed by atoms with Crippen molar-refractivity contribution >= 4 is 5.82 Å². The Morgan fingerprint density at radius 2 is 2.44 bits per heavy atom. The van der Waals surface area contributed by atoms with Crippen LogP contribution in [0, 0.1) is 5.92 Å². The van der Waals surface area contributed by atoms with E-state index in [1.807, 2.05) is 19.3 Å². The van der Waals surface area contributed by atoms with E-state index in [4.69, 9.17) is 0 Å². The molecule has 1 aliphatic heterocycles. The minimum absolute atomic E-state index is 0.659. The molecule has 1 aromatic rings. The van der Waals surface area contributed by atoms with Crippen LogP contribution >= 0.6 is 0 Å². The van der Waals surface area contributed by atoms with Gasteiger partial charge in [0.25, 0.3) is 0 Å². The van der Waals surface area contributed by atoms with Crippen LogP contribution in [0.25, 0.3) is 0 Å². The maximum atomic E-state index is 4.53. The molecular formula is C14H24N4. The summed E-state index contributed by atoms with van der Waals surface area (Å²) in [5.74, 6) is 2.55. The molecule has 1 saturated heterocycles. The Balaban J connectivity index is 2.02. The molecule has 2 atom stereocenters. The summed E-state index contributed by atoms with van der Waals surface area (Å²) in [4.78, 5) is 8.94. The molecule has 1 fully saturated rings. The van der Waals surface area contributed by atoms with Gasteiger partial charge in [0.2, 0.25) is 0 Å². The molecule has 0 amide bonds. The topological polar surface area (TPSA) is 49.8 Å². The third kappa shape index (κ3) is 3.42. The van der Waals surface area contributed by atoms with E-state index in [9.17, 15) is 0 Å². The van der Waals surface area contributed by atoms with Crippen molar-refractivity contribution in [1.82, 2.24) is 15.3 Å². The Labute approximate surface area is 110 Å². The van der Waals surface area contributed by atoms with E-state index in [1.165, 1.54) is 32.2 Å².